The average Bonchev–Trinajstić information content (AvgIpc) is 2.97. The van der Waals surface area contributed by atoms with Gasteiger partial charge in [-0.2, -0.15) is 4.98 Å². The molecule has 1 atom stereocenters. The van der Waals surface area contributed by atoms with E-state index in [-0.39, 0.29) is 29.7 Å². The summed E-state index contributed by atoms with van der Waals surface area (Å²) in [7, 11) is 3.98. The Hall–Kier alpha value is -4.26. The second kappa shape index (κ2) is 11.6. The van der Waals surface area contributed by atoms with Crippen LogP contribution in [0.1, 0.15) is 60.0 Å². The predicted molar refractivity (Wildman–Crippen MR) is 156 cm³/mol. The Bertz CT molecular complexity index is 1460. The van der Waals surface area contributed by atoms with Gasteiger partial charge in [0.1, 0.15) is 5.82 Å². The molecule has 1 aromatic heterocycles. The molecular weight excluding hydrogens is 486 g/mol. The van der Waals surface area contributed by atoms with Crippen LogP contribution in [-0.2, 0) is 4.79 Å². The normalized spacial score (nSPS) is 17.8. The minimum atomic E-state index is -0.347. The molecule has 0 aliphatic heterocycles. The van der Waals surface area contributed by atoms with Crippen molar-refractivity contribution >= 4 is 34.4 Å². The number of hydrogen-bond acceptors (Lipinski definition) is 6. The first-order chi connectivity index (χ1) is 18.9. The van der Waals surface area contributed by atoms with Gasteiger partial charge in [0, 0.05) is 42.7 Å². The van der Waals surface area contributed by atoms with E-state index in [0.717, 1.165) is 48.0 Å². The quantitative estimate of drug-likeness (QED) is 0.295. The summed E-state index contributed by atoms with van der Waals surface area (Å²) < 4.78 is 0. The molecule has 0 spiro atoms. The van der Waals surface area contributed by atoms with Crippen LogP contribution in [0.2, 0.25) is 0 Å². The number of ketones is 1. The van der Waals surface area contributed by atoms with Gasteiger partial charge in [0.05, 0.1) is 11.4 Å². The molecule has 0 radical (unpaired) electrons. The molecule has 1 amide bonds. The van der Waals surface area contributed by atoms with E-state index in [0.29, 0.717) is 17.1 Å². The summed E-state index contributed by atoms with van der Waals surface area (Å²) in [6, 6.07) is 25.1. The molecule has 1 aliphatic carbocycles. The maximum absolute atomic E-state index is 13.1. The van der Waals surface area contributed by atoms with Crippen LogP contribution in [0.4, 0.5) is 11.8 Å². The lowest BCUT2D eigenvalue weighted by Crippen LogP contribution is -2.41. The van der Waals surface area contributed by atoms with Gasteiger partial charge in [-0.1, -0.05) is 60.7 Å². The van der Waals surface area contributed by atoms with Gasteiger partial charge in [-0.05, 0) is 56.4 Å². The van der Waals surface area contributed by atoms with Gasteiger partial charge in [0.2, 0.25) is 11.9 Å². The van der Waals surface area contributed by atoms with E-state index in [1.54, 1.807) is 6.07 Å². The van der Waals surface area contributed by atoms with Gasteiger partial charge >= 0.3 is 0 Å². The topological polar surface area (TPSA) is 87.2 Å². The lowest BCUT2D eigenvalue weighted by atomic mass is 9.90. The molecule has 0 saturated heterocycles. The third-order valence-electron chi connectivity index (χ3n) is 7.49. The van der Waals surface area contributed by atoms with E-state index < -0.39 is 0 Å². The summed E-state index contributed by atoms with van der Waals surface area (Å²) in [6.45, 7) is 1.90. The molecule has 1 fully saturated rings. The van der Waals surface area contributed by atoms with Crippen LogP contribution < -0.4 is 15.5 Å². The summed E-state index contributed by atoms with van der Waals surface area (Å²) in [6.07, 6.45) is 3.62. The zero-order valence-electron chi connectivity index (χ0n) is 22.7. The van der Waals surface area contributed by atoms with E-state index in [9.17, 15) is 9.59 Å². The second-order valence-electron chi connectivity index (χ2n) is 10.5. The number of aromatic nitrogens is 2. The van der Waals surface area contributed by atoms with Crippen molar-refractivity contribution in [2.24, 2.45) is 0 Å². The number of anilines is 2. The number of para-hydroxylation sites is 1. The largest absolute Gasteiger partial charge is 0.362 e. The first-order valence-electron chi connectivity index (χ1n) is 13.6. The summed E-state index contributed by atoms with van der Waals surface area (Å²) in [5.41, 5.74) is 3.00. The Morgan fingerprint density at radius 1 is 0.821 bits per heavy atom. The van der Waals surface area contributed by atoms with Crippen LogP contribution in [0.3, 0.4) is 0 Å². The molecule has 1 saturated carbocycles. The van der Waals surface area contributed by atoms with Gasteiger partial charge in [-0.25, -0.2) is 4.98 Å². The third kappa shape index (κ3) is 6.08. The molecule has 3 aromatic carbocycles. The number of hydrogen-bond donors (Lipinski definition) is 2. The summed E-state index contributed by atoms with van der Waals surface area (Å²) in [4.78, 5) is 37.5. The summed E-state index contributed by atoms with van der Waals surface area (Å²) >= 11 is 0. The van der Waals surface area contributed by atoms with E-state index >= 15 is 0 Å². The zero-order valence-corrected chi connectivity index (χ0v) is 22.7. The van der Waals surface area contributed by atoms with Crippen molar-refractivity contribution in [1.29, 1.82) is 0 Å². The molecular formula is C32H35N5O2. The number of nitrogens with one attached hydrogen (secondary N) is 2. The molecule has 7 nitrogen and oxygen atoms in total. The van der Waals surface area contributed by atoms with E-state index in [2.05, 4.69) is 10.6 Å². The molecule has 1 heterocycles. The zero-order chi connectivity index (χ0) is 27.4. The highest BCUT2D eigenvalue weighted by Gasteiger charge is 2.26. The SMILES string of the molecule is C[C@H](C(=O)NC1CCC(Nc2nc(N(C)C)c3ccccc3n2)CC1)c1cccc(C(=O)c2ccccc2)c1. The molecule has 0 unspecified atom stereocenters. The van der Waals surface area contributed by atoms with Crippen molar-refractivity contribution in [2.45, 2.75) is 50.6 Å². The number of amides is 1. The van der Waals surface area contributed by atoms with Gasteiger partial charge in [-0.3, -0.25) is 9.59 Å². The van der Waals surface area contributed by atoms with Crippen LogP contribution in [0, 0.1) is 0 Å². The number of rotatable bonds is 8. The Kier molecular flexibility index (Phi) is 7.87. The summed E-state index contributed by atoms with van der Waals surface area (Å²) in [5, 5.41) is 7.80. The molecule has 4 aromatic rings. The minimum Gasteiger partial charge on any atom is -0.362 e. The first-order valence-corrected chi connectivity index (χ1v) is 13.6. The van der Waals surface area contributed by atoms with Gasteiger partial charge in [-0.15, -0.1) is 0 Å². The molecule has 7 heteroatoms. The summed E-state index contributed by atoms with van der Waals surface area (Å²) in [5.74, 6) is 1.14. The van der Waals surface area contributed by atoms with Crippen molar-refractivity contribution in [2.75, 3.05) is 24.3 Å². The number of benzene rings is 3. The van der Waals surface area contributed by atoms with Crippen molar-refractivity contribution in [3.8, 4) is 0 Å². The van der Waals surface area contributed by atoms with E-state index in [1.165, 1.54) is 0 Å². The Morgan fingerprint density at radius 3 is 2.23 bits per heavy atom. The molecule has 5 rings (SSSR count). The molecule has 200 valence electrons. The highest BCUT2D eigenvalue weighted by atomic mass is 16.2. The fraction of sp³-hybridized carbons (Fsp3) is 0.312. The molecule has 1 aliphatic rings. The number of fused-ring (bicyclic) bond motifs is 1. The third-order valence-corrected chi connectivity index (χ3v) is 7.49. The number of carbonyl (C=O) groups is 2. The van der Waals surface area contributed by atoms with E-state index in [1.807, 2.05) is 98.7 Å². The number of nitrogens with zero attached hydrogens (tertiary/aromatic N) is 3. The lowest BCUT2D eigenvalue weighted by molar-refractivity contribution is -0.123. The van der Waals surface area contributed by atoms with Crippen LogP contribution >= 0.6 is 0 Å². The smallest absolute Gasteiger partial charge is 0.227 e. The van der Waals surface area contributed by atoms with Crippen molar-refractivity contribution in [3.63, 3.8) is 0 Å². The van der Waals surface area contributed by atoms with Crippen LogP contribution in [0.15, 0.2) is 78.9 Å². The lowest BCUT2D eigenvalue weighted by Gasteiger charge is -2.30. The standard InChI is InChI=1S/C32H35N5O2/c1-21(23-12-9-13-24(20-23)29(38)22-10-5-4-6-11-22)31(39)33-25-16-18-26(19-17-25)34-32-35-28-15-8-7-14-27(28)30(36-32)37(2)3/h4-15,20-21,25-26H,16-19H2,1-3H3,(H,33,39)(H,34,35,36)/t21-,25?,26?/m0/s1. The molecule has 2 N–H and O–H groups in total. The predicted octanol–water partition coefficient (Wildman–Crippen LogP) is 5.57. The number of carbonyl (C=O) groups excluding carboxylic acids is 2. The average molecular weight is 522 g/mol. The first kappa shape index (κ1) is 26.4. The van der Waals surface area contributed by atoms with Crippen LogP contribution in [0.5, 0.6) is 0 Å². The van der Waals surface area contributed by atoms with Gasteiger partial charge < -0.3 is 15.5 Å². The Balaban J connectivity index is 1.17. The maximum atomic E-state index is 13.1. The van der Waals surface area contributed by atoms with Crippen molar-refractivity contribution < 1.29 is 9.59 Å². The second-order valence-corrected chi connectivity index (χ2v) is 10.5. The van der Waals surface area contributed by atoms with Crippen LogP contribution in [0.25, 0.3) is 10.9 Å². The Morgan fingerprint density at radius 2 is 1.49 bits per heavy atom. The van der Waals surface area contributed by atoms with Crippen molar-refractivity contribution in [1.82, 2.24) is 15.3 Å². The van der Waals surface area contributed by atoms with Gasteiger partial charge in [0.15, 0.2) is 5.78 Å². The fourth-order valence-corrected chi connectivity index (χ4v) is 5.21. The van der Waals surface area contributed by atoms with E-state index in [4.69, 9.17) is 9.97 Å². The van der Waals surface area contributed by atoms with Gasteiger partial charge in [0.25, 0.3) is 0 Å². The fourth-order valence-electron chi connectivity index (χ4n) is 5.21. The minimum absolute atomic E-state index is 0.00999. The monoisotopic (exact) mass is 521 g/mol. The van der Waals surface area contributed by atoms with Crippen LogP contribution in [-0.4, -0.2) is 47.8 Å². The highest BCUT2D eigenvalue weighted by Crippen LogP contribution is 2.27. The maximum Gasteiger partial charge on any atom is 0.227 e. The Labute approximate surface area is 229 Å². The highest BCUT2D eigenvalue weighted by molar-refractivity contribution is 6.09. The molecule has 39 heavy (non-hydrogen) atoms. The van der Waals surface area contributed by atoms with Crippen molar-refractivity contribution in [3.05, 3.63) is 95.6 Å². The molecule has 0 bridgehead atoms.